The Balaban J connectivity index is 1.88. The molecular formula is C12H14FeO2. The zero-order valence-corrected chi connectivity index (χ0v) is 9.39. The predicted octanol–water partition coefficient (Wildman–Crippen LogP) is 2.10. The minimum absolute atomic E-state index is 0.561. The summed E-state index contributed by atoms with van der Waals surface area (Å²) < 4.78 is 1.19. The first-order chi connectivity index (χ1) is 7.05. The predicted molar refractivity (Wildman–Crippen MR) is 49.6 cm³/mol. The molecule has 0 bridgehead atoms. The third-order valence-corrected chi connectivity index (χ3v) is 59.8. The van der Waals surface area contributed by atoms with Crippen LogP contribution in [0.3, 0.4) is 0 Å². The summed E-state index contributed by atoms with van der Waals surface area (Å²) in [7, 11) is 0. The summed E-state index contributed by atoms with van der Waals surface area (Å²) in [6.45, 7) is -2.10. The van der Waals surface area contributed by atoms with E-state index in [0.717, 1.165) is 14.4 Å². The Kier molecular flexibility index (Phi) is 0.135. The van der Waals surface area contributed by atoms with E-state index in [9.17, 15) is 10.2 Å². The molecule has 0 amide bonds. The van der Waals surface area contributed by atoms with Crippen molar-refractivity contribution in [2.75, 3.05) is 13.2 Å². The second-order valence-electron chi connectivity index (χ2n) is 10.4. The van der Waals surface area contributed by atoms with E-state index < -0.39 is 6.51 Å². The van der Waals surface area contributed by atoms with Gasteiger partial charge in [0.25, 0.3) is 0 Å². The summed E-state index contributed by atoms with van der Waals surface area (Å²) in [5, 5.41) is 20.1. The normalized spacial score (nSPS) is 139. The van der Waals surface area contributed by atoms with Gasteiger partial charge in [0, 0.05) is 0 Å². The summed E-state index contributed by atoms with van der Waals surface area (Å²) in [5.41, 5.74) is 0. The molecule has 0 aromatic carbocycles. The molecule has 4 atom stereocenters. The number of hydrogen-bond acceptors (Lipinski definition) is 2. The first-order valence-corrected chi connectivity index (χ1v) is 12.7. The molecule has 10 saturated heterocycles. The van der Waals surface area contributed by atoms with Crippen LogP contribution in [0.1, 0.15) is 0 Å². The average molecular weight is 246 g/mol. The van der Waals surface area contributed by atoms with Gasteiger partial charge in [-0.25, -0.2) is 0 Å². The monoisotopic (exact) mass is 246 g/mol. The molecule has 15 heavy (non-hydrogen) atoms. The van der Waals surface area contributed by atoms with E-state index in [1.165, 1.54) is 24.1 Å². The molecule has 10 aliphatic rings. The van der Waals surface area contributed by atoms with Crippen molar-refractivity contribution in [2.45, 2.75) is 47.2 Å². The van der Waals surface area contributed by atoms with Gasteiger partial charge in [-0.1, -0.05) is 0 Å². The first kappa shape index (κ1) is 5.39. The Morgan fingerprint density at radius 2 is 1.20 bits per heavy atom. The maximum atomic E-state index is 10.0. The SMILES string of the molecule is OC[C]12[CH]3[CH]4[C]5(CO)[CH]1[Fe]34251678[CH]2[CH]1[CH]6[CH]7[CH]28. The van der Waals surface area contributed by atoms with Gasteiger partial charge in [0.05, 0.1) is 0 Å². The van der Waals surface area contributed by atoms with E-state index in [1.54, 1.807) is 0 Å². The fourth-order valence-corrected chi connectivity index (χ4v) is 95.2. The van der Waals surface area contributed by atoms with Gasteiger partial charge in [0.15, 0.2) is 0 Å². The van der Waals surface area contributed by atoms with Gasteiger partial charge >= 0.3 is 77.1 Å². The molecule has 2 N–H and O–H groups in total. The summed E-state index contributed by atoms with van der Waals surface area (Å²) in [5.74, 6) is 0. The van der Waals surface area contributed by atoms with Gasteiger partial charge in [-0.05, 0) is 0 Å². The van der Waals surface area contributed by atoms with Gasteiger partial charge < -0.3 is 0 Å². The van der Waals surface area contributed by atoms with Crippen LogP contribution in [-0.2, 0) is 6.51 Å². The molecule has 0 aromatic heterocycles. The van der Waals surface area contributed by atoms with E-state index in [0.29, 0.717) is 21.8 Å². The number of aliphatic hydroxyl groups is 2. The van der Waals surface area contributed by atoms with Gasteiger partial charge in [0.2, 0.25) is 0 Å². The maximum absolute atomic E-state index is 10.0. The molecule has 0 aliphatic carbocycles. The Labute approximate surface area is 77.3 Å². The van der Waals surface area contributed by atoms with E-state index in [2.05, 4.69) is 0 Å². The van der Waals surface area contributed by atoms with Crippen LogP contribution in [0.4, 0.5) is 0 Å². The fraction of sp³-hybridized carbons (Fsp3) is 1.00. The third kappa shape index (κ3) is 0.0414. The van der Waals surface area contributed by atoms with Crippen LogP contribution in [0.2, 0.25) is 47.2 Å². The molecule has 10 rings (SSSR count). The van der Waals surface area contributed by atoms with Crippen molar-refractivity contribution >= 4 is 0 Å². The summed E-state index contributed by atoms with van der Waals surface area (Å²) >= 11 is 0. The molecule has 2 nitrogen and oxygen atoms in total. The molecule has 10 heterocycles. The quantitative estimate of drug-likeness (QED) is 0.732. The van der Waals surface area contributed by atoms with Crippen LogP contribution in [0.25, 0.3) is 0 Å². The van der Waals surface area contributed by atoms with Crippen LogP contribution in [-0.4, -0.2) is 23.4 Å². The average Bonchev–Trinajstić information content (AvgIpc) is 3.21. The van der Waals surface area contributed by atoms with Gasteiger partial charge in [-0.15, -0.1) is 0 Å². The topological polar surface area (TPSA) is 40.5 Å². The summed E-state index contributed by atoms with van der Waals surface area (Å²) in [4.78, 5) is 9.32. The van der Waals surface area contributed by atoms with Crippen molar-refractivity contribution in [3.8, 4) is 0 Å². The van der Waals surface area contributed by atoms with Crippen molar-refractivity contribution in [2.24, 2.45) is 0 Å². The summed E-state index contributed by atoms with van der Waals surface area (Å²) in [6, 6.07) is 0. The molecule has 0 aromatic rings. The van der Waals surface area contributed by atoms with Crippen LogP contribution < -0.4 is 0 Å². The summed E-state index contributed by atoms with van der Waals surface area (Å²) in [6.07, 6.45) is 0. The molecule has 10 fully saturated rings. The molecule has 3 heteroatoms. The van der Waals surface area contributed by atoms with E-state index >= 15 is 0 Å². The van der Waals surface area contributed by atoms with Crippen molar-refractivity contribution in [1.29, 1.82) is 0 Å². The molecule has 4 unspecified atom stereocenters. The number of hydrogen-bond donors (Lipinski definition) is 2. The van der Waals surface area contributed by atoms with Crippen molar-refractivity contribution in [3.05, 3.63) is 0 Å². The molecular weight excluding hydrogens is 232 g/mol. The van der Waals surface area contributed by atoms with E-state index in [1.807, 2.05) is 0 Å². The van der Waals surface area contributed by atoms with Crippen LogP contribution in [0.15, 0.2) is 0 Å². The van der Waals surface area contributed by atoms with Crippen LogP contribution >= 0.6 is 0 Å². The molecule has 10 aliphatic heterocycles. The molecule has 0 radical (unpaired) electrons. The van der Waals surface area contributed by atoms with Crippen molar-refractivity contribution in [3.63, 3.8) is 0 Å². The van der Waals surface area contributed by atoms with Crippen molar-refractivity contribution in [1.82, 2.24) is 0 Å². The van der Waals surface area contributed by atoms with Gasteiger partial charge in [-0.3, -0.25) is 0 Å². The molecule has 1 spiro atoms. The Hall–Kier alpha value is 0.439. The number of aliphatic hydroxyl groups excluding tert-OH is 2. The van der Waals surface area contributed by atoms with Crippen LogP contribution in [0.5, 0.6) is 0 Å². The second kappa shape index (κ2) is 0.375. The Morgan fingerprint density at radius 1 is 0.800 bits per heavy atom. The minimum atomic E-state index is -3.22. The zero-order valence-electron chi connectivity index (χ0n) is 8.28. The molecule has 0 saturated carbocycles. The van der Waals surface area contributed by atoms with E-state index in [-0.39, 0.29) is 0 Å². The fourth-order valence-electron chi connectivity index (χ4n) is 18.4. The zero-order chi connectivity index (χ0) is 9.35. The Morgan fingerprint density at radius 3 is 1.33 bits per heavy atom. The van der Waals surface area contributed by atoms with Crippen molar-refractivity contribution < 1.29 is 16.7 Å². The third-order valence-electron chi connectivity index (χ3n) is 15.9. The van der Waals surface area contributed by atoms with Gasteiger partial charge in [0.1, 0.15) is 0 Å². The standard InChI is InChI=1S/C7H9O2.C5H5.Fe/c8-4-6-1-2-7(3-6)5-9;1-2-4-5-3-1;/h1-3,8-9H,4-5H2;1-5H;. The molecule has 82 valence electrons. The number of rotatable bonds is 2. The first-order valence-electron chi connectivity index (χ1n) is 6.48. The second-order valence-corrected chi connectivity index (χ2v) is 33.8. The van der Waals surface area contributed by atoms with Gasteiger partial charge in [-0.2, -0.15) is 0 Å². The van der Waals surface area contributed by atoms with E-state index in [4.69, 9.17) is 0 Å². The Bertz CT molecular complexity index is 882. The van der Waals surface area contributed by atoms with Crippen LogP contribution in [0, 0.1) is 0 Å². The number of fused-ring (bicyclic) bond motifs is 10.